The Labute approximate surface area is 136 Å². The number of benzene rings is 1. The molecule has 0 unspecified atom stereocenters. The van der Waals surface area contributed by atoms with Gasteiger partial charge in [0.25, 0.3) is 5.56 Å². The lowest BCUT2D eigenvalue weighted by molar-refractivity contribution is 0.259. The molecule has 0 aliphatic heterocycles. The van der Waals surface area contributed by atoms with Gasteiger partial charge in [-0.25, -0.2) is 14.2 Å². The second-order valence-corrected chi connectivity index (χ2v) is 4.91. The van der Waals surface area contributed by atoms with E-state index in [2.05, 4.69) is 10.3 Å². The Balaban J connectivity index is 2.30. The maximum absolute atomic E-state index is 12.8. The maximum atomic E-state index is 12.8. The van der Waals surface area contributed by atoms with E-state index in [9.17, 15) is 19.1 Å². The van der Waals surface area contributed by atoms with Gasteiger partial charge in [0.15, 0.2) is 0 Å². The zero-order chi connectivity index (χ0) is 17.9. The van der Waals surface area contributed by atoms with Gasteiger partial charge < -0.3 is 10.4 Å². The average molecular weight is 328 g/mol. The van der Waals surface area contributed by atoms with E-state index >= 15 is 0 Å². The lowest BCUT2D eigenvalue weighted by Gasteiger charge is -2.09. The van der Waals surface area contributed by atoms with Crippen LogP contribution in [0, 0.1) is 24.1 Å². The van der Waals surface area contributed by atoms with E-state index in [4.69, 9.17) is 5.26 Å². The SMILES string of the molecule is Cc1c(C=NC(=O)Nc2ccc(F)cc2)c(O)n(C)c(=O)c1C#N. The maximum Gasteiger partial charge on any atom is 0.345 e. The Morgan fingerprint density at radius 3 is 2.62 bits per heavy atom. The highest BCUT2D eigenvalue weighted by Gasteiger charge is 2.15. The van der Waals surface area contributed by atoms with Gasteiger partial charge in [0.1, 0.15) is 17.4 Å². The number of halogens is 1. The van der Waals surface area contributed by atoms with Crippen molar-refractivity contribution in [2.24, 2.45) is 12.0 Å². The van der Waals surface area contributed by atoms with E-state index in [1.54, 1.807) is 6.07 Å². The summed E-state index contributed by atoms with van der Waals surface area (Å²) in [6, 6.07) is 6.10. The number of hydrogen-bond donors (Lipinski definition) is 2. The van der Waals surface area contributed by atoms with Crippen LogP contribution < -0.4 is 10.9 Å². The van der Waals surface area contributed by atoms with Crippen molar-refractivity contribution < 1.29 is 14.3 Å². The number of hydrogen-bond acceptors (Lipinski definition) is 4. The van der Waals surface area contributed by atoms with Gasteiger partial charge in [0.2, 0.25) is 5.88 Å². The number of anilines is 1. The Morgan fingerprint density at radius 2 is 2.04 bits per heavy atom. The molecule has 24 heavy (non-hydrogen) atoms. The van der Waals surface area contributed by atoms with Crippen LogP contribution in [0.1, 0.15) is 16.7 Å². The van der Waals surface area contributed by atoms with Crippen molar-refractivity contribution in [2.75, 3.05) is 5.32 Å². The Morgan fingerprint density at radius 1 is 1.42 bits per heavy atom. The highest BCUT2D eigenvalue weighted by atomic mass is 19.1. The van der Waals surface area contributed by atoms with Crippen molar-refractivity contribution >= 4 is 17.9 Å². The quantitative estimate of drug-likeness (QED) is 0.823. The first-order valence-electron chi connectivity index (χ1n) is 6.78. The number of carbonyl (C=O) groups is 1. The highest BCUT2D eigenvalue weighted by Crippen LogP contribution is 2.18. The Kier molecular flexibility index (Phi) is 4.75. The molecular weight excluding hydrogens is 315 g/mol. The molecule has 8 heteroatoms. The molecule has 2 amide bonds. The number of nitrogens with zero attached hydrogens (tertiary/aromatic N) is 3. The Hall–Kier alpha value is -3.47. The number of aromatic hydroxyl groups is 1. The van der Waals surface area contributed by atoms with Gasteiger partial charge >= 0.3 is 6.03 Å². The summed E-state index contributed by atoms with van der Waals surface area (Å²) in [5, 5.41) is 21.4. The predicted molar refractivity (Wildman–Crippen MR) is 85.8 cm³/mol. The van der Waals surface area contributed by atoms with Crippen LogP contribution in [0.2, 0.25) is 0 Å². The topological polar surface area (TPSA) is 107 Å². The second-order valence-electron chi connectivity index (χ2n) is 4.91. The van der Waals surface area contributed by atoms with Gasteiger partial charge in [-0.2, -0.15) is 5.26 Å². The summed E-state index contributed by atoms with van der Waals surface area (Å²) in [6.07, 6.45) is 1.06. The molecule has 1 heterocycles. The van der Waals surface area contributed by atoms with E-state index in [0.717, 1.165) is 10.8 Å². The van der Waals surface area contributed by atoms with Crippen molar-refractivity contribution in [3.8, 4) is 11.9 Å². The standard InChI is InChI=1S/C16H13FN4O3/c1-9-12(7-18)14(22)21(2)15(23)13(9)8-19-16(24)20-11-5-3-10(17)4-6-11/h3-6,8,23H,1-2H3,(H,20,24). The molecule has 0 saturated carbocycles. The monoisotopic (exact) mass is 328 g/mol. The van der Waals surface area contributed by atoms with Crippen LogP contribution in [0.15, 0.2) is 34.1 Å². The number of carbonyl (C=O) groups excluding carboxylic acids is 1. The van der Waals surface area contributed by atoms with Crippen LogP contribution in [0.25, 0.3) is 0 Å². The van der Waals surface area contributed by atoms with Crippen molar-refractivity contribution in [1.29, 1.82) is 5.26 Å². The summed E-state index contributed by atoms with van der Waals surface area (Å²) in [4.78, 5) is 27.2. The van der Waals surface area contributed by atoms with Crippen LogP contribution in [-0.2, 0) is 7.05 Å². The van der Waals surface area contributed by atoms with E-state index in [1.807, 2.05) is 0 Å². The van der Waals surface area contributed by atoms with Crippen molar-refractivity contribution in [3.63, 3.8) is 0 Å². The number of amides is 2. The number of pyridine rings is 1. The number of nitrogens with one attached hydrogen (secondary N) is 1. The third-order valence-corrected chi connectivity index (χ3v) is 3.37. The molecule has 1 aromatic heterocycles. The number of rotatable bonds is 2. The lowest BCUT2D eigenvalue weighted by atomic mass is 10.1. The number of urea groups is 1. The number of aromatic nitrogens is 1. The first-order valence-corrected chi connectivity index (χ1v) is 6.78. The summed E-state index contributed by atoms with van der Waals surface area (Å²) in [7, 11) is 1.30. The molecule has 0 saturated heterocycles. The normalized spacial score (nSPS) is 10.6. The molecule has 0 aliphatic carbocycles. The minimum atomic E-state index is -0.757. The van der Waals surface area contributed by atoms with Crippen molar-refractivity contribution in [2.45, 2.75) is 6.92 Å². The zero-order valence-corrected chi connectivity index (χ0v) is 12.9. The van der Waals surface area contributed by atoms with Gasteiger partial charge in [-0.1, -0.05) is 0 Å². The predicted octanol–water partition coefficient (Wildman–Crippen LogP) is 2.06. The molecule has 7 nitrogen and oxygen atoms in total. The van der Waals surface area contributed by atoms with Crippen molar-refractivity contribution in [1.82, 2.24) is 4.57 Å². The smallest absolute Gasteiger partial charge is 0.345 e. The molecule has 0 spiro atoms. The fourth-order valence-corrected chi connectivity index (χ4v) is 2.01. The molecule has 0 bridgehead atoms. The fourth-order valence-electron chi connectivity index (χ4n) is 2.01. The van der Waals surface area contributed by atoms with Gasteiger partial charge in [0.05, 0.1) is 5.56 Å². The van der Waals surface area contributed by atoms with E-state index in [1.165, 1.54) is 38.2 Å². The minimum Gasteiger partial charge on any atom is -0.494 e. The molecule has 2 N–H and O–H groups in total. The summed E-state index contributed by atoms with van der Waals surface area (Å²) in [6.45, 7) is 1.47. The minimum absolute atomic E-state index is 0.0860. The highest BCUT2D eigenvalue weighted by molar-refractivity contribution is 5.99. The van der Waals surface area contributed by atoms with Gasteiger partial charge in [0, 0.05) is 18.9 Å². The van der Waals surface area contributed by atoms with E-state index in [-0.39, 0.29) is 16.7 Å². The molecule has 0 radical (unpaired) electrons. The van der Waals surface area contributed by atoms with Gasteiger partial charge in [-0.3, -0.25) is 9.36 Å². The first kappa shape index (κ1) is 16.9. The molecule has 2 rings (SSSR count). The molecule has 0 aliphatic rings. The second kappa shape index (κ2) is 6.75. The number of nitriles is 1. The van der Waals surface area contributed by atoms with Crippen LogP contribution in [0.3, 0.4) is 0 Å². The Bertz CT molecular complexity index is 924. The molecule has 0 fully saturated rings. The van der Waals surface area contributed by atoms with Crippen LogP contribution in [0.4, 0.5) is 14.9 Å². The van der Waals surface area contributed by atoms with Gasteiger partial charge in [-0.05, 0) is 36.8 Å². The third kappa shape index (κ3) is 3.30. The first-order chi connectivity index (χ1) is 11.3. The summed E-state index contributed by atoms with van der Waals surface area (Å²) in [5.41, 5.74) is -0.131. The molecular formula is C16H13FN4O3. The summed E-state index contributed by atoms with van der Waals surface area (Å²) >= 11 is 0. The van der Waals surface area contributed by atoms with Crippen LogP contribution in [0.5, 0.6) is 5.88 Å². The lowest BCUT2D eigenvalue weighted by Crippen LogP contribution is -2.22. The summed E-state index contributed by atoms with van der Waals surface area (Å²) in [5.74, 6) is -0.846. The molecule has 1 aromatic carbocycles. The molecule has 122 valence electrons. The zero-order valence-electron chi connectivity index (χ0n) is 12.9. The van der Waals surface area contributed by atoms with Crippen molar-refractivity contribution in [3.05, 3.63) is 57.1 Å². The van der Waals surface area contributed by atoms with Crippen LogP contribution in [-0.4, -0.2) is 21.9 Å². The summed E-state index contributed by atoms with van der Waals surface area (Å²) < 4.78 is 13.7. The largest absolute Gasteiger partial charge is 0.494 e. The van der Waals surface area contributed by atoms with E-state index in [0.29, 0.717) is 5.69 Å². The third-order valence-electron chi connectivity index (χ3n) is 3.37. The van der Waals surface area contributed by atoms with E-state index < -0.39 is 23.3 Å². The average Bonchev–Trinajstić information content (AvgIpc) is 2.55. The number of aliphatic imine (C=N–C) groups is 1. The molecule has 2 aromatic rings. The van der Waals surface area contributed by atoms with Crippen LogP contribution >= 0.6 is 0 Å². The van der Waals surface area contributed by atoms with Gasteiger partial charge in [-0.15, -0.1) is 0 Å². The fraction of sp³-hybridized carbons (Fsp3) is 0.125. The molecule has 0 atom stereocenters.